The molecule has 140 valence electrons. The average Bonchev–Trinajstić information content (AvgIpc) is 2.98. The van der Waals surface area contributed by atoms with E-state index in [0.717, 1.165) is 37.5 Å². The van der Waals surface area contributed by atoms with Gasteiger partial charge in [0.05, 0.1) is 12.0 Å². The van der Waals surface area contributed by atoms with Gasteiger partial charge in [0.15, 0.2) is 5.96 Å². The lowest BCUT2D eigenvalue weighted by Crippen LogP contribution is -2.43. The SMILES string of the molecule is CCCCN=C(NCCc1ccco1)NC(C)CCS(C)(=O)=O.I. The van der Waals surface area contributed by atoms with Crippen LogP contribution in [0.3, 0.4) is 0 Å². The second kappa shape index (κ2) is 12.6. The molecule has 0 aliphatic heterocycles. The maximum Gasteiger partial charge on any atom is 0.191 e. The normalized spacial score (nSPS) is 13.2. The molecule has 1 aromatic rings. The number of halogens is 1. The Morgan fingerprint density at radius 1 is 1.42 bits per heavy atom. The van der Waals surface area contributed by atoms with Crippen LogP contribution in [0.5, 0.6) is 0 Å². The van der Waals surface area contributed by atoms with Gasteiger partial charge in [0.2, 0.25) is 0 Å². The van der Waals surface area contributed by atoms with Crippen LogP contribution >= 0.6 is 24.0 Å². The highest BCUT2D eigenvalue weighted by Gasteiger charge is 2.09. The monoisotopic (exact) mass is 471 g/mol. The molecule has 1 rings (SSSR count). The van der Waals surface area contributed by atoms with Crippen LogP contribution in [-0.4, -0.2) is 45.5 Å². The minimum absolute atomic E-state index is 0. The maximum absolute atomic E-state index is 11.3. The van der Waals surface area contributed by atoms with E-state index in [1.165, 1.54) is 6.26 Å². The van der Waals surface area contributed by atoms with Crippen molar-refractivity contribution >= 4 is 39.8 Å². The molecule has 1 aromatic heterocycles. The highest BCUT2D eigenvalue weighted by Crippen LogP contribution is 2.00. The van der Waals surface area contributed by atoms with Crippen LogP contribution < -0.4 is 10.6 Å². The fourth-order valence-corrected chi connectivity index (χ4v) is 2.74. The van der Waals surface area contributed by atoms with Gasteiger partial charge in [0.25, 0.3) is 0 Å². The van der Waals surface area contributed by atoms with Crippen LogP contribution in [0, 0.1) is 0 Å². The second-order valence-corrected chi connectivity index (χ2v) is 8.06. The molecule has 6 nitrogen and oxygen atoms in total. The van der Waals surface area contributed by atoms with Gasteiger partial charge in [-0.3, -0.25) is 4.99 Å². The number of sulfone groups is 1. The van der Waals surface area contributed by atoms with E-state index in [2.05, 4.69) is 22.5 Å². The van der Waals surface area contributed by atoms with Crippen molar-refractivity contribution in [3.63, 3.8) is 0 Å². The Morgan fingerprint density at radius 2 is 2.17 bits per heavy atom. The Balaban J connectivity index is 0.00000529. The quantitative estimate of drug-likeness (QED) is 0.237. The Morgan fingerprint density at radius 3 is 2.75 bits per heavy atom. The lowest BCUT2D eigenvalue weighted by atomic mass is 10.2. The first-order valence-electron chi connectivity index (χ1n) is 8.15. The average molecular weight is 471 g/mol. The van der Waals surface area contributed by atoms with Crippen molar-refractivity contribution in [2.75, 3.05) is 25.1 Å². The van der Waals surface area contributed by atoms with Gasteiger partial charge in [-0.25, -0.2) is 8.42 Å². The predicted octanol–water partition coefficient (Wildman–Crippen LogP) is 2.60. The van der Waals surface area contributed by atoms with Crippen LogP contribution in [0.2, 0.25) is 0 Å². The molecule has 0 aliphatic rings. The Labute approximate surface area is 162 Å². The molecule has 1 atom stereocenters. The number of aliphatic imine (C=N–C) groups is 1. The Hall–Kier alpha value is -0.770. The number of rotatable bonds is 10. The molecule has 0 bridgehead atoms. The van der Waals surface area contributed by atoms with Crippen LogP contribution in [0.15, 0.2) is 27.8 Å². The molecule has 1 heterocycles. The third-order valence-electron chi connectivity index (χ3n) is 3.33. The molecule has 0 spiro atoms. The number of guanidine groups is 1. The largest absolute Gasteiger partial charge is 0.469 e. The highest BCUT2D eigenvalue weighted by molar-refractivity contribution is 14.0. The van der Waals surface area contributed by atoms with Crippen molar-refractivity contribution in [3.8, 4) is 0 Å². The lowest BCUT2D eigenvalue weighted by molar-refractivity contribution is 0.506. The first-order chi connectivity index (χ1) is 10.9. The summed E-state index contributed by atoms with van der Waals surface area (Å²) in [5.74, 6) is 1.83. The molecule has 0 amide bonds. The van der Waals surface area contributed by atoms with Gasteiger partial charge in [-0.15, -0.1) is 24.0 Å². The van der Waals surface area contributed by atoms with E-state index in [0.29, 0.717) is 13.0 Å². The van der Waals surface area contributed by atoms with E-state index in [-0.39, 0.29) is 35.8 Å². The van der Waals surface area contributed by atoms with Crippen LogP contribution in [0.1, 0.15) is 38.9 Å². The number of unbranched alkanes of at least 4 members (excludes halogenated alkanes) is 1. The summed E-state index contributed by atoms with van der Waals surface area (Å²) in [6, 6.07) is 3.86. The zero-order valence-electron chi connectivity index (χ0n) is 14.7. The molecule has 2 N–H and O–H groups in total. The van der Waals surface area contributed by atoms with Gasteiger partial charge >= 0.3 is 0 Å². The molecule has 0 saturated carbocycles. The second-order valence-electron chi connectivity index (χ2n) is 5.80. The minimum Gasteiger partial charge on any atom is -0.469 e. The molecule has 0 fully saturated rings. The molecule has 1 unspecified atom stereocenters. The van der Waals surface area contributed by atoms with Crippen LogP contribution in [0.25, 0.3) is 0 Å². The standard InChI is InChI=1S/C16H29N3O3S.HI/c1-4-5-10-17-16(18-11-8-15-7-6-12-22-15)19-14(2)9-13-23(3,20)21;/h6-7,12,14H,4-5,8-11,13H2,1-3H3,(H2,17,18,19);1H. The number of furan rings is 1. The number of nitrogens with one attached hydrogen (secondary N) is 2. The van der Waals surface area contributed by atoms with E-state index in [1.54, 1.807) is 6.26 Å². The summed E-state index contributed by atoms with van der Waals surface area (Å²) in [6.07, 6.45) is 6.38. The molecule has 8 heteroatoms. The predicted molar refractivity (Wildman–Crippen MR) is 110 cm³/mol. The summed E-state index contributed by atoms with van der Waals surface area (Å²) in [6.45, 7) is 5.56. The smallest absolute Gasteiger partial charge is 0.191 e. The van der Waals surface area contributed by atoms with E-state index < -0.39 is 9.84 Å². The first-order valence-corrected chi connectivity index (χ1v) is 10.2. The first kappa shape index (κ1) is 23.2. The van der Waals surface area contributed by atoms with E-state index in [1.807, 2.05) is 19.1 Å². The van der Waals surface area contributed by atoms with Crippen molar-refractivity contribution in [2.45, 2.75) is 45.6 Å². The zero-order chi connectivity index (χ0) is 17.1. The van der Waals surface area contributed by atoms with Crippen molar-refractivity contribution in [1.82, 2.24) is 10.6 Å². The van der Waals surface area contributed by atoms with Gasteiger partial charge in [-0.1, -0.05) is 13.3 Å². The molecule has 0 saturated heterocycles. The Bertz CT molecular complexity index is 559. The van der Waals surface area contributed by atoms with Crippen LogP contribution in [0.4, 0.5) is 0 Å². The summed E-state index contributed by atoms with van der Waals surface area (Å²) >= 11 is 0. The van der Waals surface area contributed by atoms with E-state index >= 15 is 0 Å². The summed E-state index contributed by atoms with van der Waals surface area (Å²) < 4.78 is 27.8. The van der Waals surface area contributed by atoms with Gasteiger partial charge in [-0.2, -0.15) is 0 Å². The summed E-state index contributed by atoms with van der Waals surface area (Å²) in [5, 5.41) is 6.55. The highest BCUT2D eigenvalue weighted by atomic mass is 127. The summed E-state index contributed by atoms with van der Waals surface area (Å²) in [5.41, 5.74) is 0. The van der Waals surface area contributed by atoms with Crippen molar-refractivity contribution < 1.29 is 12.8 Å². The van der Waals surface area contributed by atoms with E-state index in [4.69, 9.17) is 4.42 Å². The molecule has 0 radical (unpaired) electrons. The minimum atomic E-state index is -2.94. The van der Waals surface area contributed by atoms with E-state index in [9.17, 15) is 8.42 Å². The number of nitrogens with zero attached hydrogens (tertiary/aromatic N) is 1. The van der Waals surface area contributed by atoms with Crippen molar-refractivity contribution in [3.05, 3.63) is 24.2 Å². The lowest BCUT2D eigenvalue weighted by Gasteiger charge is -2.18. The van der Waals surface area contributed by atoms with Crippen molar-refractivity contribution in [2.24, 2.45) is 4.99 Å². The Kier molecular flexibility index (Phi) is 12.2. The van der Waals surface area contributed by atoms with Crippen LogP contribution in [-0.2, 0) is 16.3 Å². The third kappa shape index (κ3) is 11.7. The molecule has 24 heavy (non-hydrogen) atoms. The van der Waals surface area contributed by atoms with Gasteiger partial charge in [0.1, 0.15) is 15.6 Å². The third-order valence-corrected chi connectivity index (χ3v) is 4.31. The fraction of sp³-hybridized carbons (Fsp3) is 0.688. The topological polar surface area (TPSA) is 83.7 Å². The maximum atomic E-state index is 11.3. The fourth-order valence-electron chi connectivity index (χ4n) is 1.96. The van der Waals surface area contributed by atoms with Gasteiger partial charge < -0.3 is 15.1 Å². The molecule has 0 aliphatic carbocycles. The number of hydrogen-bond acceptors (Lipinski definition) is 4. The molecular formula is C16H30IN3O3S. The zero-order valence-corrected chi connectivity index (χ0v) is 17.9. The van der Waals surface area contributed by atoms with Gasteiger partial charge in [-0.05, 0) is 31.9 Å². The van der Waals surface area contributed by atoms with Crippen molar-refractivity contribution in [1.29, 1.82) is 0 Å². The summed E-state index contributed by atoms with van der Waals surface area (Å²) in [4.78, 5) is 4.53. The van der Waals surface area contributed by atoms with Gasteiger partial charge in [0, 0.05) is 31.8 Å². The molecular weight excluding hydrogens is 441 g/mol. The summed E-state index contributed by atoms with van der Waals surface area (Å²) in [7, 11) is -2.94. The molecule has 0 aromatic carbocycles. The number of hydrogen-bond donors (Lipinski definition) is 2.